The van der Waals surface area contributed by atoms with Crippen LogP contribution in [0.5, 0.6) is 11.5 Å². The first-order valence-electron chi connectivity index (χ1n) is 16.6. The van der Waals surface area contributed by atoms with Gasteiger partial charge in [-0.3, -0.25) is 47.9 Å². The summed E-state index contributed by atoms with van der Waals surface area (Å²) in [6.07, 6.45) is -1.99. The van der Waals surface area contributed by atoms with E-state index in [1.807, 2.05) is 10.6 Å². The van der Waals surface area contributed by atoms with Crippen molar-refractivity contribution in [3.63, 3.8) is 0 Å². The van der Waals surface area contributed by atoms with Gasteiger partial charge in [0.2, 0.25) is 35.2 Å². The summed E-state index contributed by atoms with van der Waals surface area (Å²) in [5.74, 6) is -16.5. The molecule has 0 bridgehead atoms. The van der Waals surface area contributed by atoms with Gasteiger partial charge in [0.1, 0.15) is 54.5 Å². The summed E-state index contributed by atoms with van der Waals surface area (Å²) in [4.78, 5) is 121. The Bertz CT molecular complexity index is 1870. The first-order chi connectivity index (χ1) is 26.6. The van der Waals surface area contributed by atoms with Gasteiger partial charge in [0.05, 0.1) is 20.9 Å². The fraction of sp³-hybridized carbons (Fsp3) is 0.438. The molecule has 1 aromatic rings. The lowest BCUT2D eigenvalue weighted by molar-refractivity contribution is -0.140. The Morgan fingerprint density at radius 3 is 1.37 bits per heavy atom. The summed E-state index contributed by atoms with van der Waals surface area (Å²) in [6.45, 7) is -0.434. The number of thioether (sulfide) groups is 2. The number of hydrogen-bond acceptors (Lipinski definition) is 17. The second-order valence-corrected chi connectivity index (χ2v) is 14.1. The number of aliphatic hydroxyl groups is 1. The molecule has 0 aliphatic heterocycles. The first-order valence-corrected chi connectivity index (χ1v) is 18.5. The molecule has 0 aromatic heterocycles. The summed E-state index contributed by atoms with van der Waals surface area (Å²) in [7, 11) is 0. The van der Waals surface area contributed by atoms with Crippen molar-refractivity contribution in [3.05, 3.63) is 16.7 Å². The number of phenols is 2. The van der Waals surface area contributed by atoms with E-state index in [-0.39, 0.29) is 19.3 Å². The van der Waals surface area contributed by atoms with Gasteiger partial charge in [-0.05, 0) is 19.3 Å². The molecule has 23 nitrogen and oxygen atoms in total. The zero-order valence-electron chi connectivity index (χ0n) is 29.9. The van der Waals surface area contributed by atoms with E-state index in [2.05, 4.69) is 10.6 Å². The molecule has 0 fully saturated rings. The summed E-state index contributed by atoms with van der Waals surface area (Å²) in [6, 6.07) is -6.23. The molecule has 0 spiro atoms. The van der Waals surface area contributed by atoms with E-state index in [9.17, 15) is 63.3 Å². The third kappa shape index (κ3) is 13.1. The Labute approximate surface area is 330 Å². The molecule has 312 valence electrons. The molecule has 2 rings (SSSR count). The van der Waals surface area contributed by atoms with Gasteiger partial charge in [0.25, 0.3) is 0 Å². The number of carboxylic acids is 4. The van der Waals surface area contributed by atoms with Crippen LogP contribution in [0.25, 0.3) is 5.76 Å². The van der Waals surface area contributed by atoms with Gasteiger partial charge >= 0.3 is 23.9 Å². The van der Waals surface area contributed by atoms with Crippen molar-refractivity contribution < 1.29 is 83.7 Å². The predicted octanol–water partition coefficient (Wildman–Crippen LogP) is -2.52. The van der Waals surface area contributed by atoms with Crippen LogP contribution in [0.1, 0.15) is 54.9 Å². The SMILES string of the molecule is CCC1=C(O)c2c(O)c(SC[C@H](NC(=O)CC[C@H](N)C(=O)O)C(=O)NCC(=O)O)c(SC[C@H](NC(=O)CC[C@H](N)C(=O)O)C(=O)NCC(=O)O)c(O)c2C(=O)C1=O. The van der Waals surface area contributed by atoms with E-state index in [1.54, 1.807) is 0 Å². The quantitative estimate of drug-likeness (QED) is 0.0307. The van der Waals surface area contributed by atoms with E-state index in [0.29, 0.717) is 23.5 Å². The number of carboxylic acid groups (broad SMARTS) is 4. The first kappa shape index (κ1) is 47.2. The van der Waals surface area contributed by atoms with Gasteiger partial charge < -0.3 is 68.5 Å². The molecular formula is C32H40N6O17S2. The molecule has 0 radical (unpaired) electrons. The fourth-order valence-corrected chi connectivity index (χ4v) is 7.28. The van der Waals surface area contributed by atoms with E-state index in [1.165, 1.54) is 6.92 Å². The van der Waals surface area contributed by atoms with Crippen LogP contribution in [-0.4, -0.2) is 144 Å². The number of aliphatic hydroxyl groups excluding tert-OH is 1. The Morgan fingerprint density at radius 2 is 1.02 bits per heavy atom. The maximum atomic E-state index is 13.2. The number of nitrogens with one attached hydrogen (secondary N) is 4. The Hall–Kier alpha value is -5.92. The number of benzene rings is 1. The number of amides is 4. The molecule has 15 N–H and O–H groups in total. The number of fused-ring (bicyclic) bond motifs is 1. The third-order valence-corrected chi connectivity index (χ3v) is 10.4. The number of Topliss-reactive ketones (excluding diaryl/α,β-unsaturated/α-hetero) is 2. The van der Waals surface area contributed by atoms with E-state index in [0.717, 1.165) is 0 Å². The molecule has 0 heterocycles. The Morgan fingerprint density at radius 1 is 0.632 bits per heavy atom. The molecule has 1 aliphatic rings. The van der Waals surface area contributed by atoms with Gasteiger partial charge in [-0.2, -0.15) is 0 Å². The molecule has 1 aromatic carbocycles. The number of nitrogens with two attached hydrogens (primary N) is 2. The fourth-order valence-electron chi connectivity index (χ4n) is 4.86. The van der Waals surface area contributed by atoms with Gasteiger partial charge in [-0.25, -0.2) is 0 Å². The monoisotopic (exact) mass is 844 g/mol. The summed E-state index contributed by atoms with van der Waals surface area (Å²) < 4.78 is 0. The minimum atomic E-state index is -1.67. The highest BCUT2D eigenvalue weighted by atomic mass is 32.2. The topological polar surface area (TPSA) is 412 Å². The minimum Gasteiger partial charge on any atom is -0.507 e. The van der Waals surface area contributed by atoms with Crippen LogP contribution >= 0.6 is 23.5 Å². The Kier molecular flexibility index (Phi) is 17.7. The standard InChI is InChI=1S/C32H40N6O17S2/c1-2-11-22(45)20-21(24(47)23(11)46)26(49)28(57-10-15(30(51)36-8-19(43)44)38-17(40)6-4-13(34)32(54)55)27(25(20)48)56-9-14(29(50)35-7-18(41)42)37-16(39)5-3-12(33)31(52)53/h12-15,45,48-49H,2-10,33-34H2,1H3,(H,35,50)(H,36,51)(H,37,39)(H,38,40)(H,41,42)(H,43,44)(H,52,53)(H,54,55)/t12-,13-,14-,15-/m0/s1. The van der Waals surface area contributed by atoms with Crippen LogP contribution in [-0.2, 0) is 43.2 Å². The van der Waals surface area contributed by atoms with Gasteiger partial charge in [0, 0.05) is 29.9 Å². The van der Waals surface area contributed by atoms with Crippen molar-refractivity contribution in [1.82, 2.24) is 21.3 Å². The minimum absolute atomic E-state index is 0.206. The van der Waals surface area contributed by atoms with Crippen LogP contribution in [0.3, 0.4) is 0 Å². The normalized spacial score (nSPS) is 14.4. The smallest absolute Gasteiger partial charge is 0.322 e. The highest BCUT2D eigenvalue weighted by Gasteiger charge is 2.40. The lowest BCUT2D eigenvalue weighted by Gasteiger charge is -2.25. The highest BCUT2D eigenvalue weighted by Crippen LogP contribution is 2.51. The average molecular weight is 845 g/mol. The van der Waals surface area contributed by atoms with Crippen LogP contribution < -0.4 is 32.7 Å². The molecular weight excluding hydrogens is 805 g/mol. The number of ketones is 2. The number of aliphatic carboxylic acids is 4. The number of aromatic hydroxyl groups is 2. The third-order valence-electron chi connectivity index (χ3n) is 7.86. The number of carbonyl (C=O) groups excluding carboxylic acids is 6. The van der Waals surface area contributed by atoms with E-state index in [4.69, 9.17) is 31.9 Å². The van der Waals surface area contributed by atoms with Crippen molar-refractivity contribution in [3.8, 4) is 11.5 Å². The number of carbonyl (C=O) groups is 10. The summed E-state index contributed by atoms with van der Waals surface area (Å²) in [5, 5.41) is 78.8. The van der Waals surface area contributed by atoms with Crippen LogP contribution in [0.4, 0.5) is 0 Å². The molecule has 0 unspecified atom stereocenters. The van der Waals surface area contributed by atoms with E-state index < -0.39 is 164 Å². The van der Waals surface area contributed by atoms with Crippen molar-refractivity contribution in [2.24, 2.45) is 11.5 Å². The zero-order chi connectivity index (χ0) is 43.3. The van der Waals surface area contributed by atoms with Crippen molar-refractivity contribution in [1.29, 1.82) is 0 Å². The molecule has 25 heteroatoms. The predicted molar refractivity (Wildman–Crippen MR) is 195 cm³/mol. The second kappa shape index (κ2) is 21.4. The van der Waals surface area contributed by atoms with Crippen LogP contribution in [0, 0.1) is 0 Å². The van der Waals surface area contributed by atoms with Gasteiger partial charge in [-0.1, -0.05) is 6.92 Å². The van der Waals surface area contributed by atoms with E-state index >= 15 is 0 Å². The van der Waals surface area contributed by atoms with Crippen molar-refractivity contribution >= 4 is 88.4 Å². The number of phenolic OH excluding ortho intramolecular Hbond substituents is 2. The molecule has 0 saturated carbocycles. The van der Waals surface area contributed by atoms with Crippen molar-refractivity contribution in [2.75, 3.05) is 24.6 Å². The molecule has 0 saturated heterocycles. The number of hydrogen-bond donors (Lipinski definition) is 13. The summed E-state index contributed by atoms with van der Waals surface area (Å²) in [5.41, 5.74) is 8.87. The molecule has 57 heavy (non-hydrogen) atoms. The number of rotatable bonds is 23. The zero-order valence-corrected chi connectivity index (χ0v) is 31.5. The lowest BCUT2D eigenvalue weighted by atomic mass is 9.86. The Balaban J connectivity index is 2.67. The maximum Gasteiger partial charge on any atom is 0.322 e. The largest absolute Gasteiger partial charge is 0.507 e. The maximum absolute atomic E-state index is 13.2. The van der Waals surface area contributed by atoms with Crippen LogP contribution in [0.15, 0.2) is 15.4 Å². The van der Waals surface area contributed by atoms with Crippen LogP contribution in [0.2, 0.25) is 0 Å². The van der Waals surface area contributed by atoms with Gasteiger partial charge in [0.15, 0.2) is 0 Å². The van der Waals surface area contributed by atoms with Gasteiger partial charge in [-0.15, -0.1) is 23.5 Å². The molecule has 4 atom stereocenters. The highest BCUT2D eigenvalue weighted by molar-refractivity contribution is 8.02. The average Bonchev–Trinajstić information content (AvgIpc) is 3.14. The van der Waals surface area contributed by atoms with Crippen molar-refractivity contribution in [2.45, 2.75) is 73.0 Å². The molecule has 1 aliphatic carbocycles. The number of allylic oxidation sites excluding steroid dienone is 1. The summed E-state index contributed by atoms with van der Waals surface area (Å²) >= 11 is 0.927. The lowest BCUT2D eigenvalue weighted by Crippen LogP contribution is -2.49. The molecule has 4 amide bonds. The second-order valence-electron chi connectivity index (χ2n) is 12.0.